The van der Waals surface area contributed by atoms with E-state index in [-0.39, 0.29) is 5.91 Å². The molecule has 19 heavy (non-hydrogen) atoms. The van der Waals surface area contributed by atoms with Gasteiger partial charge < -0.3 is 15.5 Å². The van der Waals surface area contributed by atoms with Crippen molar-refractivity contribution in [2.45, 2.75) is 20.4 Å². The summed E-state index contributed by atoms with van der Waals surface area (Å²) >= 11 is 3.59. The normalized spacial score (nSPS) is 10.3. The van der Waals surface area contributed by atoms with Crippen LogP contribution in [0.3, 0.4) is 0 Å². The first-order valence-corrected chi connectivity index (χ1v) is 7.36. The molecule has 0 bridgehead atoms. The Morgan fingerprint density at radius 2 is 2.11 bits per heavy atom. The number of carbonyl (C=O) groups is 1. The molecule has 1 rings (SSSR count). The Labute approximate surface area is 123 Å². The second kappa shape index (κ2) is 8.17. The number of rotatable bonds is 7. The molecule has 0 aliphatic carbocycles. The van der Waals surface area contributed by atoms with E-state index in [9.17, 15) is 4.79 Å². The van der Waals surface area contributed by atoms with Crippen molar-refractivity contribution in [1.82, 2.24) is 10.6 Å². The third-order valence-corrected chi connectivity index (χ3v) is 3.70. The molecule has 1 aromatic carbocycles. The van der Waals surface area contributed by atoms with Gasteiger partial charge in [-0.15, -0.1) is 0 Å². The van der Waals surface area contributed by atoms with Crippen molar-refractivity contribution in [3.63, 3.8) is 0 Å². The fourth-order valence-electron chi connectivity index (χ4n) is 1.77. The van der Waals surface area contributed by atoms with Gasteiger partial charge in [-0.25, -0.2) is 0 Å². The number of carbonyl (C=O) groups excluding carboxylic acids is 1. The summed E-state index contributed by atoms with van der Waals surface area (Å²) in [6.07, 6.45) is 0. The van der Waals surface area contributed by atoms with E-state index in [1.54, 1.807) is 7.05 Å². The largest absolute Gasteiger partial charge is 0.362 e. The monoisotopic (exact) mass is 327 g/mol. The molecule has 2 N–H and O–H groups in total. The first-order valence-electron chi connectivity index (χ1n) is 6.57. The Morgan fingerprint density at radius 1 is 1.37 bits per heavy atom. The van der Waals surface area contributed by atoms with Crippen LogP contribution in [0.25, 0.3) is 0 Å². The molecule has 4 nitrogen and oxygen atoms in total. The Balaban J connectivity index is 2.82. The number of nitrogens with zero attached hydrogens (tertiary/aromatic N) is 1. The van der Waals surface area contributed by atoms with Gasteiger partial charge in [0.1, 0.15) is 0 Å². The first kappa shape index (κ1) is 16.0. The van der Waals surface area contributed by atoms with E-state index in [1.807, 2.05) is 11.8 Å². The van der Waals surface area contributed by atoms with Crippen LogP contribution in [0.15, 0.2) is 22.7 Å². The molecule has 1 amide bonds. The maximum atomic E-state index is 11.5. The SMILES string of the molecule is CCNCc1ccc(N(CC)CC(=O)NC)cc1Br. The molecule has 1 aromatic rings. The smallest absolute Gasteiger partial charge is 0.239 e. The highest BCUT2D eigenvalue weighted by atomic mass is 79.9. The summed E-state index contributed by atoms with van der Waals surface area (Å²) in [6, 6.07) is 6.22. The van der Waals surface area contributed by atoms with Crippen LogP contribution in [0.5, 0.6) is 0 Å². The van der Waals surface area contributed by atoms with Crippen molar-refractivity contribution in [1.29, 1.82) is 0 Å². The van der Waals surface area contributed by atoms with Gasteiger partial charge in [0.25, 0.3) is 0 Å². The van der Waals surface area contributed by atoms with Crippen LogP contribution in [0.1, 0.15) is 19.4 Å². The molecular weight excluding hydrogens is 306 g/mol. The number of benzene rings is 1. The van der Waals surface area contributed by atoms with Crippen LogP contribution in [0.2, 0.25) is 0 Å². The minimum absolute atomic E-state index is 0.0229. The summed E-state index contributed by atoms with van der Waals surface area (Å²) < 4.78 is 1.07. The Morgan fingerprint density at radius 3 is 2.63 bits per heavy atom. The number of anilines is 1. The quantitative estimate of drug-likeness (QED) is 0.806. The van der Waals surface area contributed by atoms with E-state index in [0.29, 0.717) is 6.54 Å². The van der Waals surface area contributed by atoms with Crippen LogP contribution in [0, 0.1) is 0 Å². The third-order valence-electron chi connectivity index (χ3n) is 2.96. The lowest BCUT2D eigenvalue weighted by Gasteiger charge is -2.23. The standard InChI is InChI=1S/C14H22BrN3O/c1-4-17-9-11-6-7-12(8-13(11)15)18(5-2)10-14(19)16-3/h6-8,17H,4-5,9-10H2,1-3H3,(H,16,19). The highest BCUT2D eigenvalue weighted by Gasteiger charge is 2.10. The van der Waals surface area contributed by atoms with Crippen molar-refractivity contribution in [2.24, 2.45) is 0 Å². The Hall–Kier alpha value is -1.07. The molecular formula is C14H22BrN3O. The Bertz CT molecular complexity index is 423. The summed E-state index contributed by atoms with van der Waals surface area (Å²) in [5.74, 6) is 0.0229. The van der Waals surface area contributed by atoms with Crippen LogP contribution in [0.4, 0.5) is 5.69 Å². The van der Waals surface area contributed by atoms with Crippen molar-refractivity contribution < 1.29 is 4.79 Å². The summed E-state index contributed by atoms with van der Waals surface area (Å²) in [5.41, 5.74) is 2.28. The highest BCUT2D eigenvalue weighted by molar-refractivity contribution is 9.10. The van der Waals surface area contributed by atoms with Crippen molar-refractivity contribution in [2.75, 3.05) is 31.6 Å². The second-order valence-corrected chi connectivity index (χ2v) is 5.10. The van der Waals surface area contributed by atoms with Gasteiger partial charge in [0.15, 0.2) is 0 Å². The average molecular weight is 328 g/mol. The third kappa shape index (κ3) is 4.84. The topological polar surface area (TPSA) is 44.4 Å². The van der Waals surface area contributed by atoms with Crippen molar-refractivity contribution in [3.05, 3.63) is 28.2 Å². The molecule has 0 radical (unpaired) electrons. The maximum Gasteiger partial charge on any atom is 0.239 e. The molecule has 0 aromatic heterocycles. The Kier molecular flexibility index (Phi) is 6.87. The van der Waals surface area contributed by atoms with Gasteiger partial charge in [0.2, 0.25) is 5.91 Å². The summed E-state index contributed by atoms with van der Waals surface area (Å²) in [4.78, 5) is 13.5. The zero-order valence-electron chi connectivity index (χ0n) is 11.8. The van der Waals surface area contributed by atoms with Crippen LogP contribution >= 0.6 is 15.9 Å². The lowest BCUT2D eigenvalue weighted by molar-refractivity contribution is -0.119. The number of likely N-dealkylation sites (N-methyl/N-ethyl adjacent to an activating group) is 2. The van der Waals surface area contributed by atoms with Crippen LogP contribution in [-0.4, -0.2) is 32.6 Å². The summed E-state index contributed by atoms with van der Waals surface area (Å²) in [7, 11) is 1.66. The van der Waals surface area contributed by atoms with Gasteiger partial charge in [-0.2, -0.15) is 0 Å². The van der Waals surface area contributed by atoms with Gasteiger partial charge >= 0.3 is 0 Å². The summed E-state index contributed by atoms with van der Waals surface area (Å²) in [6.45, 7) is 7.11. The molecule has 0 saturated heterocycles. The van der Waals surface area contributed by atoms with Crippen LogP contribution in [-0.2, 0) is 11.3 Å². The number of halogens is 1. The van der Waals surface area contributed by atoms with E-state index >= 15 is 0 Å². The number of nitrogens with one attached hydrogen (secondary N) is 2. The highest BCUT2D eigenvalue weighted by Crippen LogP contribution is 2.24. The maximum absolute atomic E-state index is 11.5. The van der Waals surface area contributed by atoms with E-state index in [4.69, 9.17) is 0 Å². The van der Waals surface area contributed by atoms with Gasteiger partial charge in [0, 0.05) is 30.3 Å². The lowest BCUT2D eigenvalue weighted by atomic mass is 10.2. The molecule has 5 heteroatoms. The minimum atomic E-state index is 0.0229. The summed E-state index contributed by atoms with van der Waals surface area (Å²) in [5, 5.41) is 5.95. The molecule has 0 atom stereocenters. The molecule has 0 saturated carbocycles. The molecule has 106 valence electrons. The van der Waals surface area contributed by atoms with E-state index < -0.39 is 0 Å². The zero-order valence-corrected chi connectivity index (χ0v) is 13.4. The number of hydrogen-bond acceptors (Lipinski definition) is 3. The van der Waals surface area contributed by atoms with E-state index in [0.717, 1.165) is 29.8 Å². The number of amides is 1. The fourth-order valence-corrected chi connectivity index (χ4v) is 2.28. The second-order valence-electron chi connectivity index (χ2n) is 4.24. The average Bonchev–Trinajstić information content (AvgIpc) is 2.43. The van der Waals surface area contributed by atoms with Crippen molar-refractivity contribution >= 4 is 27.5 Å². The van der Waals surface area contributed by atoms with Crippen molar-refractivity contribution in [3.8, 4) is 0 Å². The van der Waals surface area contributed by atoms with Gasteiger partial charge in [-0.05, 0) is 31.2 Å². The molecule has 0 aliphatic heterocycles. The minimum Gasteiger partial charge on any atom is -0.362 e. The molecule has 0 aliphatic rings. The first-order chi connectivity index (χ1) is 9.12. The molecule has 0 spiro atoms. The van der Waals surface area contributed by atoms with Gasteiger partial charge in [0.05, 0.1) is 6.54 Å². The molecule has 0 fully saturated rings. The zero-order chi connectivity index (χ0) is 14.3. The van der Waals surface area contributed by atoms with E-state index in [1.165, 1.54) is 5.56 Å². The predicted octanol–water partition coefficient (Wildman–Crippen LogP) is 2.13. The number of hydrogen-bond donors (Lipinski definition) is 2. The van der Waals surface area contributed by atoms with E-state index in [2.05, 4.69) is 51.7 Å². The van der Waals surface area contributed by atoms with Crippen LogP contribution < -0.4 is 15.5 Å². The fraction of sp³-hybridized carbons (Fsp3) is 0.500. The molecule has 0 unspecified atom stereocenters. The molecule has 0 heterocycles. The predicted molar refractivity (Wildman–Crippen MR) is 83.5 cm³/mol. The van der Waals surface area contributed by atoms with Gasteiger partial charge in [-0.3, -0.25) is 4.79 Å². The lowest BCUT2D eigenvalue weighted by Crippen LogP contribution is -2.35. The van der Waals surface area contributed by atoms with Gasteiger partial charge in [-0.1, -0.05) is 28.9 Å².